The van der Waals surface area contributed by atoms with Crippen LogP contribution in [-0.2, 0) is 17.6 Å². The average molecular weight is 189 g/mol. The van der Waals surface area contributed by atoms with Crippen molar-refractivity contribution in [3.63, 3.8) is 0 Å². The van der Waals surface area contributed by atoms with Crippen molar-refractivity contribution in [2.75, 3.05) is 0 Å². The first kappa shape index (κ1) is 8.97. The number of phenols is 1. The van der Waals surface area contributed by atoms with Gasteiger partial charge in [-0.3, -0.25) is 0 Å². The summed E-state index contributed by atoms with van der Waals surface area (Å²) in [5.74, 6) is 0.298. The van der Waals surface area contributed by atoms with Gasteiger partial charge < -0.3 is 5.11 Å². The Bertz CT molecular complexity index is 421. The van der Waals surface area contributed by atoms with Crippen LogP contribution >= 0.6 is 0 Å². The van der Waals surface area contributed by atoms with Crippen molar-refractivity contribution in [1.82, 2.24) is 0 Å². The van der Waals surface area contributed by atoms with Crippen LogP contribution in [0.3, 0.4) is 0 Å². The third kappa shape index (κ3) is 1.32. The molecule has 0 bridgehead atoms. The summed E-state index contributed by atoms with van der Waals surface area (Å²) in [5.41, 5.74) is 1.57. The number of benzene rings is 1. The Morgan fingerprint density at radius 3 is 2.93 bits per heavy atom. The highest BCUT2D eigenvalue weighted by Crippen LogP contribution is 2.36. The smallest absolute Gasteiger partial charge is 0.235 e. The van der Waals surface area contributed by atoms with Gasteiger partial charge >= 0.3 is 0 Å². The van der Waals surface area contributed by atoms with Crippen LogP contribution in [0.5, 0.6) is 5.75 Å². The molecule has 72 valence electrons. The zero-order chi connectivity index (χ0) is 10.2. The van der Waals surface area contributed by atoms with Crippen molar-refractivity contribution in [2.45, 2.75) is 25.3 Å². The number of phenolic OH excluding ortho intramolecular Hbond substituents is 1. The highest BCUT2D eigenvalue weighted by molar-refractivity contribution is 5.47. The predicted octanol–water partition coefficient (Wildman–Crippen LogP) is 1.59. The highest BCUT2D eigenvalue weighted by Gasteiger charge is 2.34. The summed E-state index contributed by atoms with van der Waals surface area (Å²) >= 11 is 0. The lowest BCUT2D eigenvalue weighted by atomic mass is 10.00. The lowest BCUT2D eigenvalue weighted by molar-refractivity contribution is 0.455. The first-order valence-electron chi connectivity index (χ1n) is 4.53. The van der Waals surface area contributed by atoms with Gasteiger partial charge in [-0.2, -0.15) is 4.99 Å². The molecule has 2 rings (SSSR count). The van der Waals surface area contributed by atoms with E-state index in [1.807, 2.05) is 19.1 Å². The number of aliphatic imine (C=N–C) groups is 1. The molecule has 1 aliphatic rings. The van der Waals surface area contributed by atoms with Crippen LogP contribution in [0.2, 0.25) is 0 Å². The van der Waals surface area contributed by atoms with Crippen LogP contribution in [0, 0.1) is 0 Å². The maximum Gasteiger partial charge on any atom is 0.235 e. The molecule has 0 fully saturated rings. The first-order valence-corrected chi connectivity index (χ1v) is 4.53. The minimum atomic E-state index is -0.414. The molecule has 0 radical (unpaired) electrons. The zero-order valence-electron chi connectivity index (χ0n) is 7.95. The Balaban J connectivity index is 2.43. The molecule has 0 saturated carbocycles. The molecule has 3 nitrogen and oxygen atoms in total. The summed E-state index contributed by atoms with van der Waals surface area (Å²) in [4.78, 5) is 14.0. The molecule has 3 heteroatoms. The molecule has 1 N–H and O–H groups in total. The number of nitrogens with zero attached hydrogens (tertiary/aromatic N) is 1. The van der Waals surface area contributed by atoms with Crippen molar-refractivity contribution < 1.29 is 9.90 Å². The number of hydrogen-bond donors (Lipinski definition) is 1. The summed E-state index contributed by atoms with van der Waals surface area (Å²) in [6.45, 7) is 1.90. The molecule has 1 aromatic rings. The van der Waals surface area contributed by atoms with E-state index in [9.17, 15) is 9.90 Å². The second kappa shape index (κ2) is 2.96. The van der Waals surface area contributed by atoms with Gasteiger partial charge in [-0.15, -0.1) is 0 Å². The van der Waals surface area contributed by atoms with Crippen molar-refractivity contribution in [3.05, 3.63) is 29.3 Å². The minimum absolute atomic E-state index is 0.298. The average Bonchev–Trinajstić information content (AvgIpc) is 2.44. The number of aromatic hydroxyl groups is 1. The molecule has 1 aromatic carbocycles. The minimum Gasteiger partial charge on any atom is -0.508 e. The van der Waals surface area contributed by atoms with Crippen LogP contribution in [-0.4, -0.2) is 16.7 Å². The predicted molar refractivity (Wildman–Crippen MR) is 52.0 cm³/mol. The molecule has 0 aromatic heterocycles. The molecule has 14 heavy (non-hydrogen) atoms. The molecular weight excluding hydrogens is 178 g/mol. The Morgan fingerprint density at radius 2 is 2.29 bits per heavy atom. The zero-order valence-corrected chi connectivity index (χ0v) is 7.95. The van der Waals surface area contributed by atoms with Crippen LogP contribution in [0.15, 0.2) is 23.2 Å². The fourth-order valence-corrected chi connectivity index (χ4v) is 2.03. The Morgan fingerprint density at radius 1 is 1.50 bits per heavy atom. The van der Waals surface area contributed by atoms with E-state index in [1.54, 1.807) is 12.1 Å². The maximum atomic E-state index is 10.2. The topological polar surface area (TPSA) is 49.7 Å². The van der Waals surface area contributed by atoms with Crippen LogP contribution in [0.1, 0.15) is 18.1 Å². The highest BCUT2D eigenvalue weighted by atomic mass is 16.3. The number of fused-ring (bicyclic) bond motifs is 1. The lowest BCUT2D eigenvalue weighted by Gasteiger charge is -2.13. The van der Waals surface area contributed by atoms with Crippen molar-refractivity contribution >= 4 is 6.08 Å². The van der Waals surface area contributed by atoms with Gasteiger partial charge in [0.1, 0.15) is 5.75 Å². The summed E-state index contributed by atoms with van der Waals surface area (Å²) in [6, 6.07) is 5.43. The number of carbonyl (C=O) groups excluding carboxylic acids is 1. The molecule has 0 saturated heterocycles. The lowest BCUT2D eigenvalue weighted by Crippen LogP contribution is -2.21. The SMILES string of the molecule is CC1(N=C=O)Cc2cccc(O)c2C1. The summed E-state index contributed by atoms with van der Waals surface area (Å²) in [5, 5.41) is 9.59. The van der Waals surface area contributed by atoms with E-state index in [2.05, 4.69) is 4.99 Å². The van der Waals surface area contributed by atoms with Gasteiger partial charge in [-0.05, 0) is 30.5 Å². The van der Waals surface area contributed by atoms with Gasteiger partial charge in [0.2, 0.25) is 6.08 Å². The third-order valence-electron chi connectivity index (χ3n) is 2.69. The second-order valence-corrected chi connectivity index (χ2v) is 3.97. The van der Waals surface area contributed by atoms with Gasteiger partial charge in [0, 0.05) is 6.42 Å². The molecule has 1 atom stereocenters. The summed E-state index contributed by atoms with van der Waals surface area (Å²) in [7, 11) is 0. The molecule has 0 amide bonds. The Hall–Kier alpha value is -1.60. The van der Waals surface area contributed by atoms with E-state index in [-0.39, 0.29) is 0 Å². The summed E-state index contributed by atoms with van der Waals surface area (Å²) in [6.07, 6.45) is 2.91. The van der Waals surface area contributed by atoms with E-state index in [1.165, 1.54) is 0 Å². The van der Waals surface area contributed by atoms with E-state index < -0.39 is 5.54 Å². The van der Waals surface area contributed by atoms with E-state index >= 15 is 0 Å². The van der Waals surface area contributed by atoms with Gasteiger partial charge in [0.05, 0.1) is 5.54 Å². The van der Waals surface area contributed by atoms with Crippen LogP contribution < -0.4 is 0 Å². The van der Waals surface area contributed by atoms with Crippen molar-refractivity contribution in [3.8, 4) is 5.75 Å². The maximum absolute atomic E-state index is 10.2. The molecular formula is C11H11NO2. The fourth-order valence-electron chi connectivity index (χ4n) is 2.03. The molecule has 0 spiro atoms. The van der Waals surface area contributed by atoms with Crippen LogP contribution in [0.4, 0.5) is 0 Å². The molecule has 0 heterocycles. The second-order valence-electron chi connectivity index (χ2n) is 3.97. The number of isocyanates is 1. The fraction of sp³-hybridized carbons (Fsp3) is 0.364. The first-order chi connectivity index (χ1) is 6.64. The Labute approximate surface area is 82.1 Å². The molecule has 0 aliphatic heterocycles. The van der Waals surface area contributed by atoms with E-state index in [0.717, 1.165) is 11.1 Å². The number of rotatable bonds is 1. The number of hydrogen-bond acceptors (Lipinski definition) is 3. The standard InChI is InChI=1S/C11H11NO2/c1-11(12-7-13)5-8-3-2-4-10(14)9(8)6-11/h2-4,14H,5-6H2,1H3. The normalized spacial score (nSPS) is 24.1. The quantitative estimate of drug-likeness (QED) is 0.538. The third-order valence-corrected chi connectivity index (χ3v) is 2.69. The summed E-state index contributed by atoms with van der Waals surface area (Å²) < 4.78 is 0. The van der Waals surface area contributed by atoms with Crippen LogP contribution in [0.25, 0.3) is 0 Å². The molecule has 1 aliphatic carbocycles. The van der Waals surface area contributed by atoms with Gasteiger partial charge in [0.25, 0.3) is 0 Å². The van der Waals surface area contributed by atoms with E-state index in [4.69, 9.17) is 0 Å². The van der Waals surface area contributed by atoms with Gasteiger partial charge in [-0.25, -0.2) is 4.79 Å². The molecule has 1 unspecified atom stereocenters. The Kier molecular flexibility index (Phi) is 1.90. The monoisotopic (exact) mass is 189 g/mol. The van der Waals surface area contributed by atoms with Gasteiger partial charge in [-0.1, -0.05) is 12.1 Å². The van der Waals surface area contributed by atoms with Crippen molar-refractivity contribution in [2.24, 2.45) is 4.99 Å². The van der Waals surface area contributed by atoms with Gasteiger partial charge in [0.15, 0.2) is 0 Å². The van der Waals surface area contributed by atoms with Crippen molar-refractivity contribution in [1.29, 1.82) is 0 Å². The largest absolute Gasteiger partial charge is 0.508 e. The van der Waals surface area contributed by atoms with E-state index in [0.29, 0.717) is 18.6 Å².